The van der Waals surface area contributed by atoms with Crippen LogP contribution >= 0.6 is 15.9 Å². The van der Waals surface area contributed by atoms with Gasteiger partial charge < -0.3 is 5.32 Å². The number of anilines is 1. The summed E-state index contributed by atoms with van der Waals surface area (Å²) in [7, 11) is 0. The van der Waals surface area contributed by atoms with Crippen molar-refractivity contribution in [1.29, 1.82) is 0 Å². The smallest absolute Gasteiger partial charge is 0.139 e. The number of hydrogen-bond acceptors (Lipinski definition) is 2. The van der Waals surface area contributed by atoms with Crippen LogP contribution in [0.4, 0.5) is 5.82 Å². The quantitative estimate of drug-likeness (QED) is 0.814. The maximum absolute atomic E-state index is 4.89. The summed E-state index contributed by atoms with van der Waals surface area (Å²) in [5.74, 6) is 1.16. The molecule has 1 aliphatic heterocycles. The summed E-state index contributed by atoms with van der Waals surface area (Å²) < 4.78 is 3.35. The van der Waals surface area contributed by atoms with Gasteiger partial charge in [-0.15, -0.1) is 0 Å². The van der Waals surface area contributed by atoms with E-state index in [4.69, 9.17) is 5.10 Å². The summed E-state index contributed by atoms with van der Waals surface area (Å²) in [4.78, 5) is 0. The number of aromatic nitrogens is 2. The lowest BCUT2D eigenvalue weighted by Crippen LogP contribution is -2.32. The number of halogens is 1. The van der Waals surface area contributed by atoms with Gasteiger partial charge in [0.1, 0.15) is 5.82 Å². The van der Waals surface area contributed by atoms with Crippen molar-refractivity contribution in [2.24, 2.45) is 10.8 Å². The van der Waals surface area contributed by atoms with E-state index in [2.05, 4.69) is 67.5 Å². The molecular formula is C15H26BrN3. The first kappa shape index (κ1) is 14.9. The van der Waals surface area contributed by atoms with E-state index < -0.39 is 0 Å². The SMILES string of the molecule is CC(C)(C)Cc1nn2c(c1Br)NCCC2C(C)(C)C. The van der Waals surface area contributed by atoms with E-state index in [0.29, 0.717) is 6.04 Å². The number of nitrogens with zero attached hydrogens (tertiary/aromatic N) is 2. The van der Waals surface area contributed by atoms with Gasteiger partial charge in [-0.2, -0.15) is 5.10 Å². The molecule has 0 aromatic carbocycles. The summed E-state index contributed by atoms with van der Waals surface area (Å²) in [6.07, 6.45) is 2.13. The molecule has 0 spiro atoms. The molecule has 1 unspecified atom stereocenters. The molecule has 108 valence electrons. The zero-order valence-corrected chi connectivity index (χ0v) is 14.6. The van der Waals surface area contributed by atoms with Crippen molar-refractivity contribution in [3.8, 4) is 0 Å². The topological polar surface area (TPSA) is 29.9 Å². The summed E-state index contributed by atoms with van der Waals surface area (Å²) in [5, 5.41) is 8.38. The van der Waals surface area contributed by atoms with Crippen LogP contribution in [0.1, 0.15) is 59.7 Å². The number of nitrogens with one attached hydrogen (secondary N) is 1. The summed E-state index contributed by atoms with van der Waals surface area (Å²) in [5.41, 5.74) is 1.66. The van der Waals surface area contributed by atoms with Gasteiger partial charge in [0.2, 0.25) is 0 Å². The van der Waals surface area contributed by atoms with Crippen molar-refractivity contribution in [2.45, 2.75) is 60.4 Å². The third-order valence-corrected chi connectivity index (χ3v) is 4.45. The average molecular weight is 328 g/mol. The molecule has 0 saturated heterocycles. The van der Waals surface area contributed by atoms with E-state index >= 15 is 0 Å². The lowest BCUT2D eigenvalue weighted by atomic mass is 9.84. The van der Waals surface area contributed by atoms with E-state index in [1.807, 2.05) is 0 Å². The number of fused-ring (bicyclic) bond motifs is 1. The van der Waals surface area contributed by atoms with Gasteiger partial charge in [-0.1, -0.05) is 41.5 Å². The van der Waals surface area contributed by atoms with E-state index in [9.17, 15) is 0 Å². The maximum Gasteiger partial charge on any atom is 0.139 e. The maximum atomic E-state index is 4.89. The minimum atomic E-state index is 0.237. The van der Waals surface area contributed by atoms with Crippen LogP contribution < -0.4 is 5.32 Å². The minimum Gasteiger partial charge on any atom is -0.369 e. The molecule has 1 aliphatic rings. The largest absolute Gasteiger partial charge is 0.369 e. The molecule has 4 heteroatoms. The molecule has 0 fully saturated rings. The van der Waals surface area contributed by atoms with Crippen LogP contribution in [0.2, 0.25) is 0 Å². The fourth-order valence-corrected chi connectivity index (χ4v) is 3.25. The van der Waals surface area contributed by atoms with Crippen molar-refractivity contribution in [2.75, 3.05) is 11.9 Å². The molecule has 0 amide bonds. The second-order valence-electron chi connectivity index (χ2n) is 7.89. The highest BCUT2D eigenvalue weighted by Crippen LogP contribution is 2.42. The fourth-order valence-electron chi connectivity index (χ4n) is 2.71. The Labute approximate surface area is 125 Å². The Kier molecular flexibility index (Phi) is 3.76. The van der Waals surface area contributed by atoms with E-state index in [0.717, 1.165) is 29.7 Å². The van der Waals surface area contributed by atoms with Gasteiger partial charge in [0.25, 0.3) is 0 Å². The molecule has 19 heavy (non-hydrogen) atoms. The molecule has 3 nitrogen and oxygen atoms in total. The lowest BCUT2D eigenvalue weighted by molar-refractivity contribution is 0.209. The van der Waals surface area contributed by atoms with E-state index in [1.165, 1.54) is 5.69 Å². The van der Waals surface area contributed by atoms with Gasteiger partial charge >= 0.3 is 0 Å². The summed E-state index contributed by atoms with van der Waals surface area (Å²) in [6.45, 7) is 14.7. The van der Waals surface area contributed by atoms with Crippen LogP contribution in [-0.2, 0) is 6.42 Å². The Morgan fingerprint density at radius 2 is 1.89 bits per heavy atom. The lowest BCUT2D eigenvalue weighted by Gasteiger charge is -2.35. The van der Waals surface area contributed by atoms with Crippen molar-refractivity contribution >= 4 is 21.7 Å². The molecule has 0 saturated carbocycles. The van der Waals surface area contributed by atoms with Crippen LogP contribution in [0.3, 0.4) is 0 Å². The predicted molar refractivity (Wildman–Crippen MR) is 84.7 cm³/mol. The fraction of sp³-hybridized carbons (Fsp3) is 0.800. The molecule has 2 heterocycles. The summed E-state index contributed by atoms with van der Waals surface area (Å²) >= 11 is 3.74. The number of rotatable bonds is 1. The van der Waals surface area contributed by atoms with E-state index in [-0.39, 0.29) is 10.8 Å². The zero-order chi connectivity index (χ0) is 14.4. The Hall–Kier alpha value is -0.510. The Morgan fingerprint density at radius 1 is 1.26 bits per heavy atom. The molecule has 1 atom stereocenters. The van der Waals surface area contributed by atoms with Crippen molar-refractivity contribution in [3.05, 3.63) is 10.2 Å². The van der Waals surface area contributed by atoms with Crippen LogP contribution in [0.15, 0.2) is 4.47 Å². The normalized spacial score (nSPS) is 20.1. The molecular weight excluding hydrogens is 302 g/mol. The van der Waals surface area contributed by atoms with Crippen molar-refractivity contribution < 1.29 is 0 Å². The third kappa shape index (κ3) is 3.15. The van der Waals surface area contributed by atoms with Crippen molar-refractivity contribution in [1.82, 2.24) is 9.78 Å². The van der Waals surface area contributed by atoms with Gasteiger partial charge in [0.05, 0.1) is 16.2 Å². The van der Waals surface area contributed by atoms with Crippen LogP contribution in [0.5, 0.6) is 0 Å². The number of hydrogen-bond donors (Lipinski definition) is 1. The zero-order valence-electron chi connectivity index (χ0n) is 13.0. The van der Waals surface area contributed by atoms with Crippen molar-refractivity contribution in [3.63, 3.8) is 0 Å². The first-order valence-corrected chi connectivity index (χ1v) is 7.89. The highest BCUT2D eigenvalue weighted by molar-refractivity contribution is 9.10. The highest BCUT2D eigenvalue weighted by atomic mass is 79.9. The van der Waals surface area contributed by atoms with Crippen LogP contribution in [0, 0.1) is 10.8 Å². The molecule has 1 aromatic heterocycles. The molecule has 0 bridgehead atoms. The second kappa shape index (κ2) is 4.80. The predicted octanol–water partition coefficient (Wildman–Crippen LogP) is 4.64. The molecule has 1 N–H and O–H groups in total. The van der Waals surface area contributed by atoms with Gasteiger partial charge in [-0.05, 0) is 39.6 Å². The van der Waals surface area contributed by atoms with Gasteiger partial charge in [-0.3, -0.25) is 0 Å². The van der Waals surface area contributed by atoms with Gasteiger partial charge in [0, 0.05) is 6.54 Å². The van der Waals surface area contributed by atoms with Gasteiger partial charge in [-0.25, -0.2) is 4.68 Å². The Bertz CT molecular complexity index is 463. The van der Waals surface area contributed by atoms with Crippen LogP contribution in [0.25, 0.3) is 0 Å². The molecule has 0 radical (unpaired) electrons. The van der Waals surface area contributed by atoms with E-state index in [1.54, 1.807) is 0 Å². The van der Waals surface area contributed by atoms with Gasteiger partial charge in [0.15, 0.2) is 0 Å². The molecule has 2 rings (SSSR count). The Balaban J connectivity index is 2.41. The first-order chi connectivity index (χ1) is 8.59. The molecule has 0 aliphatic carbocycles. The monoisotopic (exact) mass is 327 g/mol. The third-order valence-electron chi connectivity index (χ3n) is 3.62. The average Bonchev–Trinajstić information content (AvgIpc) is 2.52. The second-order valence-corrected chi connectivity index (χ2v) is 8.68. The Morgan fingerprint density at radius 3 is 2.42 bits per heavy atom. The highest BCUT2D eigenvalue weighted by Gasteiger charge is 2.33. The minimum absolute atomic E-state index is 0.237. The first-order valence-electron chi connectivity index (χ1n) is 7.10. The summed E-state index contributed by atoms with van der Waals surface area (Å²) in [6, 6.07) is 0.466. The standard InChI is InChI=1S/C15H26BrN3/c1-14(2,3)9-10-12(16)13-17-8-7-11(15(4,5)6)19(13)18-10/h11,17H,7-9H2,1-6H3. The molecule has 1 aromatic rings. The van der Waals surface area contributed by atoms with Crippen LogP contribution in [-0.4, -0.2) is 16.3 Å².